The molecular weight excluding hydrogens is 510 g/mol. The molecule has 0 radical (unpaired) electrons. The van der Waals surface area contributed by atoms with Gasteiger partial charge in [-0.05, 0) is 36.8 Å². The number of halogens is 3. The number of alkyl halides is 3. The third kappa shape index (κ3) is 7.21. The van der Waals surface area contributed by atoms with Crippen molar-refractivity contribution in [3.8, 4) is 5.75 Å². The maximum absolute atomic E-state index is 13.7. The number of ether oxygens (including phenoxy) is 1. The minimum Gasteiger partial charge on any atom is -0.495 e. The Morgan fingerprint density at radius 2 is 1.84 bits per heavy atom. The number of nitrogens with one attached hydrogen (secondary N) is 3. The van der Waals surface area contributed by atoms with Gasteiger partial charge in [-0.15, -0.1) is 0 Å². The van der Waals surface area contributed by atoms with E-state index < -0.39 is 30.8 Å². The van der Waals surface area contributed by atoms with Crippen molar-refractivity contribution >= 4 is 36.4 Å². The average molecular weight is 537 g/mol. The van der Waals surface area contributed by atoms with Crippen LogP contribution in [0.2, 0.25) is 0 Å². The van der Waals surface area contributed by atoms with Crippen LogP contribution < -0.4 is 20.7 Å². The molecule has 198 valence electrons. The van der Waals surface area contributed by atoms with E-state index in [-0.39, 0.29) is 23.4 Å². The van der Waals surface area contributed by atoms with Gasteiger partial charge in [-0.1, -0.05) is 18.2 Å². The highest BCUT2D eigenvalue weighted by Gasteiger charge is 2.35. The predicted molar refractivity (Wildman–Crippen MR) is 135 cm³/mol. The Hall–Kier alpha value is -3.63. The van der Waals surface area contributed by atoms with Crippen molar-refractivity contribution in [3.05, 3.63) is 65.4 Å². The molecule has 0 fully saturated rings. The summed E-state index contributed by atoms with van der Waals surface area (Å²) < 4.78 is 64.4. The van der Waals surface area contributed by atoms with Gasteiger partial charge < -0.3 is 25.2 Å². The fourth-order valence-electron chi connectivity index (χ4n) is 3.51. The average Bonchev–Trinajstić information content (AvgIpc) is 2.84. The first-order valence-corrected chi connectivity index (χ1v) is 13.4. The summed E-state index contributed by atoms with van der Waals surface area (Å²) in [4.78, 5) is 20.0. The molecule has 0 bridgehead atoms. The highest BCUT2D eigenvalue weighted by Crippen LogP contribution is 2.47. The number of anilines is 4. The summed E-state index contributed by atoms with van der Waals surface area (Å²) in [7, 11) is -0.00182. The molecule has 0 spiro atoms. The van der Waals surface area contributed by atoms with Crippen LogP contribution in [0.3, 0.4) is 0 Å². The molecule has 1 amide bonds. The van der Waals surface area contributed by atoms with Gasteiger partial charge in [-0.3, -0.25) is 9.36 Å². The minimum atomic E-state index is -4.75. The van der Waals surface area contributed by atoms with Gasteiger partial charge in [0.15, 0.2) is 0 Å². The number of rotatable bonds is 10. The van der Waals surface area contributed by atoms with Crippen molar-refractivity contribution in [3.63, 3.8) is 0 Å². The molecule has 3 N–H and O–H groups in total. The molecular formula is C24H27F3N5O4P. The molecule has 0 aliphatic heterocycles. The van der Waals surface area contributed by atoms with Crippen LogP contribution in [0, 0.1) is 0 Å². The first-order chi connectivity index (χ1) is 17.5. The number of carbonyl (C=O) groups is 1. The van der Waals surface area contributed by atoms with Crippen molar-refractivity contribution < 1.29 is 31.8 Å². The number of benzene rings is 2. The summed E-state index contributed by atoms with van der Waals surface area (Å²) in [6.45, 7) is 3.62. The third-order valence-electron chi connectivity index (χ3n) is 5.13. The van der Waals surface area contributed by atoms with Crippen LogP contribution in [0.1, 0.15) is 28.4 Å². The topological polar surface area (TPSA) is 114 Å². The van der Waals surface area contributed by atoms with Crippen molar-refractivity contribution in [1.82, 2.24) is 15.3 Å². The van der Waals surface area contributed by atoms with Gasteiger partial charge in [-0.2, -0.15) is 18.2 Å². The van der Waals surface area contributed by atoms with Gasteiger partial charge in [0, 0.05) is 26.1 Å². The highest BCUT2D eigenvalue weighted by atomic mass is 31.2. The maximum atomic E-state index is 13.7. The lowest BCUT2D eigenvalue weighted by Crippen LogP contribution is -2.20. The normalized spacial score (nSPS) is 12.9. The van der Waals surface area contributed by atoms with E-state index in [0.29, 0.717) is 29.8 Å². The molecule has 1 aromatic heterocycles. The number of aromatic nitrogens is 2. The number of methoxy groups -OCH3 is 1. The Kier molecular flexibility index (Phi) is 8.77. The van der Waals surface area contributed by atoms with Gasteiger partial charge in [-0.25, -0.2) is 4.98 Å². The zero-order chi connectivity index (χ0) is 27.2. The molecule has 0 aliphatic carbocycles. The minimum absolute atomic E-state index is 0.136. The fourth-order valence-corrected chi connectivity index (χ4v) is 5.00. The van der Waals surface area contributed by atoms with Crippen molar-refractivity contribution in [2.75, 3.05) is 38.1 Å². The largest absolute Gasteiger partial charge is 0.495 e. The van der Waals surface area contributed by atoms with Crippen LogP contribution in [0.4, 0.5) is 36.3 Å². The second-order valence-corrected chi connectivity index (χ2v) is 10.6. The number of hydrogen-bond donors (Lipinski definition) is 3. The van der Waals surface area contributed by atoms with E-state index in [2.05, 4.69) is 25.9 Å². The van der Waals surface area contributed by atoms with E-state index in [4.69, 9.17) is 9.26 Å². The number of nitrogens with zero attached hydrogens (tertiary/aromatic N) is 2. The number of hydrogen-bond acceptors (Lipinski definition) is 8. The molecule has 1 heterocycles. The van der Waals surface area contributed by atoms with Crippen LogP contribution in [-0.4, -0.2) is 43.3 Å². The second kappa shape index (κ2) is 11.6. The Morgan fingerprint density at radius 3 is 2.49 bits per heavy atom. The number of carbonyl (C=O) groups excluding carboxylic acids is 1. The molecule has 1 atom stereocenters. The Morgan fingerprint density at radius 1 is 1.11 bits per heavy atom. The fraction of sp³-hybridized carbons (Fsp3) is 0.292. The summed E-state index contributed by atoms with van der Waals surface area (Å²) in [5.41, 5.74) is 0.246. The molecule has 9 nitrogen and oxygen atoms in total. The first-order valence-electron chi connectivity index (χ1n) is 11.1. The van der Waals surface area contributed by atoms with Gasteiger partial charge in [0.1, 0.15) is 17.1 Å². The summed E-state index contributed by atoms with van der Waals surface area (Å²) >= 11 is 0. The first kappa shape index (κ1) is 27.9. The number of para-hydroxylation sites is 1. The molecule has 13 heteroatoms. The summed E-state index contributed by atoms with van der Waals surface area (Å²) in [6.07, 6.45) is -3.92. The standard InChI is InChI=1S/C24H27F3N5O4P/c1-5-36-37(4,34)14-15-10-11-19(20(12-15)35-3)31-23-29-13-17(24(25,26)27)21(32-23)30-18-9-7-6-8-16(18)22(33)28-2/h6-13H,5,14H2,1-4H3,(H,28,33)(H2,29,30,31,32). The second-order valence-electron chi connectivity index (χ2n) is 7.95. The SMILES string of the molecule is CCOP(C)(=O)Cc1ccc(Nc2ncc(C(F)(F)F)c(Nc3ccccc3C(=O)NC)n2)c(OC)c1. The van der Waals surface area contributed by atoms with Crippen molar-refractivity contribution in [1.29, 1.82) is 0 Å². The van der Waals surface area contributed by atoms with E-state index in [1.807, 2.05) is 0 Å². The molecule has 3 rings (SSSR count). The van der Waals surface area contributed by atoms with Crippen LogP contribution in [0.5, 0.6) is 5.75 Å². The zero-order valence-corrected chi connectivity index (χ0v) is 21.5. The molecule has 3 aromatic rings. The van der Waals surface area contributed by atoms with Crippen molar-refractivity contribution in [2.24, 2.45) is 0 Å². The van der Waals surface area contributed by atoms with Gasteiger partial charge in [0.05, 0.1) is 30.7 Å². The van der Waals surface area contributed by atoms with Gasteiger partial charge in [0.2, 0.25) is 13.3 Å². The lowest BCUT2D eigenvalue weighted by molar-refractivity contribution is -0.137. The highest BCUT2D eigenvalue weighted by molar-refractivity contribution is 7.57. The van der Waals surface area contributed by atoms with E-state index in [1.54, 1.807) is 43.9 Å². The quantitative estimate of drug-likeness (QED) is 0.278. The molecule has 1 unspecified atom stereocenters. The van der Waals surface area contributed by atoms with Gasteiger partial charge >= 0.3 is 6.18 Å². The molecule has 37 heavy (non-hydrogen) atoms. The lowest BCUT2D eigenvalue weighted by atomic mass is 10.1. The Labute approximate surface area is 212 Å². The predicted octanol–water partition coefficient (Wildman–Crippen LogP) is 5.80. The lowest BCUT2D eigenvalue weighted by Gasteiger charge is -2.17. The van der Waals surface area contributed by atoms with E-state index in [0.717, 1.165) is 0 Å². The van der Waals surface area contributed by atoms with E-state index in [1.165, 1.54) is 26.3 Å². The molecule has 0 saturated heterocycles. The Bertz CT molecular complexity index is 1320. The molecule has 0 saturated carbocycles. The molecule has 0 aliphatic rings. The number of amides is 1. The monoisotopic (exact) mass is 537 g/mol. The summed E-state index contributed by atoms with van der Waals surface area (Å²) in [6, 6.07) is 11.1. The summed E-state index contributed by atoms with van der Waals surface area (Å²) in [5.74, 6) is -0.818. The molecule has 2 aromatic carbocycles. The van der Waals surface area contributed by atoms with E-state index in [9.17, 15) is 22.5 Å². The van der Waals surface area contributed by atoms with Crippen LogP contribution in [0.15, 0.2) is 48.7 Å². The van der Waals surface area contributed by atoms with Crippen LogP contribution in [-0.2, 0) is 21.4 Å². The van der Waals surface area contributed by atoms with Crippen LogP contribution >= 0.6 is 7.37 Å². The Balaban J connectivity index is 1.95. The van der Waals surface area contributed by atoms with Crippen molar-refractivity contribution in [2.45, 2.75) is 19.3 Å². The smallest absolute Gasteiger partial charge is 0.421 e. The zero-order valence-electron chi connectivity index (χ0n) is 20.6. The summed E-state index contributed by atoms with van der Waals surface area (Å²) in [5, 5.41) is 7.92. The van der Waals surface area contributed by atoms with Gasteiger partial charge in [0.25, 0.3) is 5.91 Å². The van der Waals surface area contributed by atoms with E-state index >= 15 is 0 Å². The third-order valence-corrected chi connectivity index (χ3v) is 6.87. The van der Waals surface area contributed by atoms with Crippen LogP contribution in [0.25, 0.3) is 0 Å². The maximum Gasteiger partial charge on any atom is 0.421 e.